The Labute approximate surface area is 97.8 Å². The van der Waals surface area contributed by atoms with Crippen molar-refractivity contribution in [3.63, 3.8) is 0 Å². The van der Waals surface area contributed by atoms with Gasteiger partial charge in [0.2, 0.25) is 0 Å². The molecule has 0 heterocycles. The number of halogens is 2. The molecule has 1 unspecified atom stereocenters. The Kier molecular flexibility index (Phi) is 2.14. The Morgan fingerprint density at radius 3 is 2.71 bits per heavy atom. The fourth-order valence-corrected chi connectivity index (χ4v) is 3.69. The Balaban J connectivity index is 2.08. The summed E-state index contributed by atoms with van der Waals surface area (Å²) in [6.45, 7) is 0. The summed E-state index contributed by atoms with van der Waals surface area (Å²) in [6, 6.07) is 4.20. The molecule has 74 valence electrons. The fraction of sp³-hybridized carbons (Fsp3) is 0.500. The Hall–Kier alpha value is -0.0100. The molecule has 1 atom stereocenters. The van der Waals surface area contributed by atoms with Crippen molar-refractivity contribution in [1.29, 1.82) is 0 Å². The largest absolute Gasteiger partial charge is 0.0843 e. The van der Waals surface area contributed by atoms with E-state index in [2.05, 4.69) is 22.0 Å². The molecule has 0 bridgehead atoms. The zero-order valence-electron chi connectivity index (χ0n) is 7.89. The smallest absolute Gasteiger partial charge is 0.0420 e. The van der Waals surface area contributed by atoms with E-state index in [-0.39, 0.29) is 0 Å². The normalized spacial score (nSPS) is 25.1. The molecule has 1 saturated carbocycles. The minimum atomic E-state index is 0.806. The van der Waals surface area contributed by atoms with Crippen LogP contribution < -0.4 is 0 Å². The van der Waals surface area contributed by atoms with Gasteiger partial charge in [-0.1, -0.05) is 27.5 Å². The van der Waals surface area contributed by atoms with Gasteiger partial charge in [0, 0.05) is 9.50 Å². The lowest BCUT2D eigenvalue weighted by Gasteiger charge is -2.10. The van der Waals surface area contributed by atoms with Crippen molar-refractivity contribution in [1.82, 2.24) is 0 Å². The van der Waals surface area contributed by atoms with E-state index in [0.29, 0.717) is 0 Å². The van der Waals surface area contributed by atoms with Crippen LogP contribution in [0.4, 0.5) is 0 Å². The molecule has 0 amide bonds. The molecule has 1 aromatic carbocycles. The van der Waals surface area contributed by atoms with E-state index in [1.165, 1.54) is 41.3 Å². The highest BCUT2D eigenvalue weighted by molar-refractivity contribution is 9.10. The van der Waals surface area contributed by atoms with Gasteiger partial charge in [-0.05, 0) is 60.8 Å². The Morgan fingerprint density at radius 2 is 2.00 bits per heavy atom. The van der Waals surface area contributed by atoms with E-state index in [0.717, 1.165) is 16.9 Å². The third-order valence-corrected chi connectivity index (χ3v) is 4.42. The van der Waals surface area contributed by atoms with E-state index in [9.17, 15) is 0 Å². The first kappa shape index (κ1) is 9.23. The van der Waals surface area contributed by atoms with Gasteiger partial charge in [-0.3, -0.25) is 0 Å². The van der Waals surface area contributed by atoms with Crippen LogP contribution >= 0.6 is 27.5 Å². The van der Waals surface area contributed by atoms with Crippen molar-refractivity contribution in [3.8, 4) is 0 Å². The highest BCUT2D eigenvalue weighted by atomic mass is 79.9. The molecule has 2 heteroatoms. The van der Waals surface area contributed by atoms with Crippen molar-refractivity contribution in [2.45, 2.75) is 31.6 Å². The van der Waals surface area contributed by atoms with Gasteiger partial charge in [-0.15, -0.1) is 0 Å². The van der Waals surface area contributed by atoms with Crippen LogP contribution in [-0.2, 0) is 6.42 Å². The first-order valence-corrected chi connectivity index (χ1v) is 6.40. The van der Waals surface area contributed by atoms with Crippen LogP contribution in [0.3, 0.4) is 0 Å². The molecule has 2 aliphatic carbocycles. The van der Waals surface area contributed by atoms with Gasteiger partial charge in [0.1, 0.15) is 0 Å². The Bertz CT molecular complexity index is 382. The lowest BCUT2D eigenvalue weighted by molar-refractivity contribution is 0.600. The third kappa shape index (κ3) is 1.42. The second kappa shape index (κ2) is 3.24. The van der Waals surface area contributed by atoms with Gasteiger partial charge in [-0.25, -0.2) is 0 Å². The monoisotopic (exact) mass is 270 g/mol. The lowest BCUT2D eigenvalue weighted by atomic mass is 9.96. The number of fused-ring (bicyclic) bond motifs is 1. The molecule has 14 heavy (non-hydrogen) atoms. The molecule has 0 N–H and O–H groups in total. The summed E-state index contributed by atoms with van der Waals surface area (Å²) in [5.41, 5.74) is 3.03. The number of hydrogen-bond acceptors (Lipinski definition) is 0. The highest BCUT2D eigenvalue weighted by Crippen LogP contribution is 2.51. The minimum Gasteiger partial charge on any atom is -0.0843 e. The second-order valence-electron chi connectivity index (χ2n) is 4.44. The van der Waals surface area contributed by atoms with Crippen LogP contribution in [0.5, 0.6) is 0 Å². The van der Waals surface area contributed by atoms with Crippen molar-refractivity contribution < 1.29 is 0 Å². The maximum Gasteiger partial charge on any atom is 0.0420 e. The van der Waals surface area contributed by atoms with E-state index in [1.807, 2.05) is 6.07 Å². The van der Waals surface area contributed by atoms with Gasteiger partial charge in [-0.2, -0.15) is 0 Å². The third-order valence-electron chi connectivity index (χ3n) is 3.49. The summed E-state index contributed by atoms with van der Waals surface area (Å²) in [5, 5.41) is 0.878. The molecule has 0 saturated heterocycles. The average molecular weight is 272 g/mol. The number of rotatable bonds is 1. The summed E-state index contributed by atoms with van der Waals surface area (Å²) >= 11 is 9.70. The van der Waals surface area contributed by atoms with Crippen LogP contribution in [-0.4, -0.2) is 0 Å². The van der Waals surface area contributed by atoms with Crippen LogP contribution in [0, 0.1) is 5.92 Å². The van der Waals surface area contributed by atoms with Gasteiger partial charge < -0.3 is 0 Å². The lowest BCUT2D eigenvalue weighted by Crippen LogP contribution is -1.95. The molecule has 0 radical (unpaired) electrons. The van der Waals surface area contributed by atoms with Gasteiger partial charge in [0.05, 0.1) is 0 Å². The molecule has 0 aliphatic heterocycles. The van der Waals surface area contributed by atoms with Crippen molar-refractivity contribution in [2.24, 2.45) is 5.92 Å². The van der Waals surface area contributed by atoms with E-state index >= 15 is 0 Å². The summed E-state index contributed by atoms with van der Waals surface area (Å²) in [6.07, 6.45) is 5.41. The predicted octanol–water partition coefficient (Wildman–Crippen LogP) is 4.54. The number of benzene rings is 1. The van der Waals surface area contributed by atoms with Crippen molar-refractivity contribution >= 4 is 27.5 Å². The molecular formula is C12H12BrCl. The van der Waals surface area contributed by atoms with E-state index in [4.69, 9.17) is 11.6 Å². The van der Waals surface area contributed by atoms with Gasteiger partial charge >= 0.3 is 0 Å². The van der Waals surface area contributed by atoms with Crippen LogP contribution in [0.25, 0.3) is 0 Å². The standard InChI is InChI=1S/C12H12BrCl/c13-12-6-8(14)5-11-9(7-1-2-7)3-4-10(11)12/h5-7,9H,1-4H2. The van der Waals surface area contributed by atoms with Crippen LogP contribution in [0.15, 0.2) is 16.6 Å². The molecule has 0 spiro atoms. The SMILES string of the molecule is Clc1cc(Br)c2c(c1)C(C1CC1)CC2. The first-order valence-electron chi connectivity index (χ1n) is 5.23. The molecule has 0 nitrogen and oxygen atoms in total. The topological polar surface area (TPSA) is 0 Å². The second-order valence-corrected chi connectivity index (χ2v) is 5.73. The quantitative estimate of drug-likeness (QED) is 0.703. The molecule has 2 aliphatic rings. The molecule has 1 aromatic rings. The van der Waals surface area contributed by atoms with Crippen LogP contribution in [0.1, 0.15) is 36.3 Å². The summed E-state index contributed by atoms with van der Waals surface area (Å²) in [7, 11) is 0. The fourth-order valence-electron chi connectivity index (χ4n) is 2.66. The predicted molar refractivity (Wildman–Crippen MR) is 62.9 cm³/mol. The molecule has 3 rings (SSSR count). The van der Waals surface area contributed by atoms with Crippen molar-refractivity contribution in [2.75, 3.05) is 0 Å². The van der Waals surface area contributed by atoms with Crippen LogP contribution in [0.2, 0.25) is 5.02 Å². The van der Waals surface area contributed by atoms with E-state index < -0.39 is 0 Å². The zero-order chi connectivity index (χ0) is 9.71. The number of hydrogen-bond donors (Lipinski definition) is 0. The molecule has 0 aromatic heterocycles. The van der Waals surface area contributed by atoms with E-state index in [1.54, 1.807) is 0 Å². The van der Waals surface area contributed by atoms with Gasteiger partial charge in [0.25, 0.3) is 0 Å². The summed E-state index contributed by atoms with van der Waals surface area (Å²) in [4.78, 5) is 0. The summed E-state index contributed by atoms with van der Waals surface area (Å²) < 4.78 is 1.21. The molecular weight excluding hydrogens is 259 g/mol. The van der Waals surface area contributed by atoms with Crippen molar-refractivity contribution in [3.05, 3.63) is 32.8 Å². The minimum absolute atomic E-state index is 0.806. The average Bonchev–Trinajstić information content (AvgIpc) is 2.87. The maximum atomic E-state index is 6.09. The first-order chi connectivity index (χ1) is 6.75. The zero-order valence-corrected chi connectivity index (χ0v) is 10.2. The highest BCUT2D eigenvalue weighted by Gasteiger charge is 2.36. The molecule has 1 fully saturated rings. The Morgan fingerprint density at radius 1 is 1.21 bits per heavy atom. The summed E-state index contributed by atoms with van der Waals surface area (Å²) in [5.74, 6) is 1.77. The maximum absolute atomic E-state index is 6.09. The van der Waals surface area contributed by atoms with Gasteiger partial charge in [0.15, 0.2) is 0 Å².